The van der Waals surface area contributed by atoms with Gasteiger partial charge in [-0.1, -0.05) is 36.9 Å². The van der Waals surface area contributed by atoms with Crippen LogP contribution in [0.1, 0.15) is 33.4 Å². The van der Waals surface area contributed by atoms with Crippen LogP contribution in [0.25, 0.3) is 0 Å². The Balaban J connectivity index is 1.75. The average Bonchev–Trinajstić information content (AvgIpc) is 3.13. The Bertz CT molecular complexity index is 1170. The molecule has 4 rings (SSSR count). The van der Waals surface area contributed by atoms with E-state index in [9.17, 15) is 9.59 Å². The van der Waals surface area contributed by atoms with Gasteiger partial charge >= 0.3 is 5.97 Å². The van der Waals surface area contributed by atoms with Gasteiger partial charge in [-0.2, -0.15) is 10.1 Å². The largest absolute Gasteiger partial charge is 0.465 e. The van der Waals surface area contributed by atoms with Gasteiger partial charge in [-0.05, 0) is 43.2 Å². The Morgan fingerprint density at radius 3 is 2.52 bits per heavy atom. The molecule has 0 radical (unpaired) electrons. The molecule has 0 fully saturated rings. The number of anilines is 2. The van der Waals surface area contributed by atoms with Crippen molar-refractivity contribution in [2.45, 2.75) is 19.9 Å². The maximum Gasteiger partial charge on any atom is 0.337 e. The minimum Gasteiger partial charge on any atom is -0.465 e. The van der Waals surface area contributed by atoms with E-state index < -0.39 is 17.9 Å². The third kappa shape index (κ3) is 3.79. The van der Waals surface area contributed by atoms with Crippen LogP contribution in [-0.2, 0) is 9.53 Å². The molecule has 0 bridgehead atoms. The van der Waals surface area contributed by atoms with Gasteiger partial charge in [-0.15, -0.1) is 0 Å². The molecule has 0 spiro atoms. The number of methoxy groups -OCH3 is 1. The van der Waals surface area contributed by atoms with Gasteiger partial charge < -0.3 is 15.4 Å². The summed E-state index contributed by atoms with van der Waals surface area (Å²) in [5.74, 6) is -0.201. The zero-order chi connectivity index (χ0) is 22.1. The number of hydrogen-bond acceptors (Lipinski definition) is 6. The number of amides is 1. The fraction of sp³-hybridized carbons (Fsp3) is 0.217. The summed E-state index contributed by atoms with van der Waals surface area (Å²) in [7, 11) is 1.34. The molecule has 1 aromatic heterocycles. The molecule has 1 aliphatic heterocycles. The number of nitrogens with one attached hydrogen (secondary N) is 2. The van der Waals surface area contributed by atoms with Crippen molar-refractivity contribution in [1.29, 1.82) is 0 Å². The van der Waals surface area contributed by atoms with Crippen molar-refractivity contribution >= 4 is 23.5 Å². The molecular formula is C23H23N5O3. The Morgan fingerprint density at radius 2 is 1.84 bits per heavy atom. The Hall–Kier alpha value is -3.94. The number of nitrogens with zero attached hydrogens (tertiary/aromatic N) is 3. The second kappa shape index (κ2) is 8.06. The van der Waals surface area contributed by atoms with E-state index in [2.05, 4.69) is 27.3 Å². The van der Waals surface area contributed by atoms with Crippen LogP contribution < -0.4 is 10.6 Å². The first-order valence-corrected chi connectivity index (χ1v) is 9.82. The van der Waals surface area contributed by atoms with E-state index >= 15 is 0 Å². The van der Waals surface area contributed by atoms with Gasteiger partial charge in [0.2, 0.25) is 11.9 Å². The molecule has 8 heteroatoms. The van der Waals surface area contributed by atoms with Crippen LogP contribution >= 0.6 is 0 Å². The van der Waals surface area contributed by atoms with Crippen molar-refractivity contribution in [3.8, 4) is 0 Å². The minimum absolute atomic E-state index is 0.215. The van der Waals surface area contributed by atoms with Crippen LogP contribution in [0.3, 0.4) is 0 Å². The average molecular weight is 417 g/mol. The van der Waals surface area contributed by atoms with Gasteiger partial charge in [0, 0.05) is 11.4 Å². The number of ether oxygens (including phenoxy) is 1. The van der Waals surface area contributed by atoms with Crippen LogP contribution in [0.2, 0.25) is 0 Å². The highest BCUT2D eigenvalue weighted by atomic mass is 16.5. The highest BCUT2D eigenvalue weighted by Crippen LogP contribution is 2.38. The maximum absolute atomic E-state index is 13.4. The third-order valence-electron chi connectivity index (χ3n) is 5.32. The highest BCUT2D eigenvalue weighted by Gasteiger charge is 2.40. The first-order chi connectivity index (χ1) is 14.9. The normalized spacial score (nSPS) is 17.5. The number of benzene rings is 2. The smallest absolute Gasteiger partial charge is 0.337 e. The molecule has 3 aromatic rings. The summed E-state index contributed by atoms with van der Waals surface area (Å²) in [5.41, 5.74) is 3.44. The molecule has 1 aliphatic rings. The van der Waals surface area contributed by atoms with E-state index in [0.29, 0.717) is 23.0 Å². The fourth-order valence-corrected chi connectivity index (χ4v) is 3.76. The van der Waals surface area contributed by atoms with Gasteiger partial charge in [0.05, 0.1) is 18.7 Å². The van der Waals surface area contributed by atoms with Crippen molar-refractivity contribution in [2.75, 3.05) is 17.7 Å². The second-order valence-corrected chi connectivity index (χ2v) is 7.42. The predicted molar refractivity (Wildman–Crippen MR) is 117 cm³/mol. The molecule has 158 valence electrons. The summed E-state index contributed by atoms with van der Waals surface area (Å²) in [4.78, 5) is 29.6. The third-order valence-corrected chi connectivity index (χ3v) is 5.32. The van der Waals surface area contributed by atoms with E-state index in [1.165, 1.54) is 7.11 Å². The quantitative estimate of drug-likeness (QED) is 0.631. The van der Waals surface area contributed by atoms with Crippen molar-refractivity contribution in [3.05, 3.63) is 83.3 Å². The van der Waals surface area contributed by atoms with E-state index in [1.807, 2.05) is 31.2 Å². The molecule has 2 heterocycles. The molecule has 31 heavy (non-hydrogen) atoms. The van der Waals surface area contributed by atoms with Crippen LogP contribution in [0.4, 0.5) is 11.6 Å². The molecule has 2 atom stereocenters. The number of aromatic nitrogens is 3. The standard InChI is InChI=1S/C23H23N5O3/c1-13-7-5-6-8-18(13)26-21(29)19-14(2)24-23-25-15(3)27-28(23)20(19)16-9-11-17(12-10-16)22(30)31-4/h5-12,19-20H,2H2,1,3-4H3,(H,26,29)(H,24,25,27)/t19-,20-/m0/s1. The lowest BCUT2D eigenvalue weighted by molar-refractivity contribution is -0.119. The summed E-state index contributed by atoms with van der Waals surface area (Å²) in [6, 6.07) is 14.0. The van der Waals surface area contributed by atoms with E-state index in [4.69, 9.17) is 4.74 Å². The van der Waals surface area contributed by atoms with Gasteiger partial charge in [-0.3, -0.25) is 4.79 Å². The number of para-hydroxylation sites is 1. The summed E-state index contributed by atoms with van der Waals surface area (Å²) in [6.45, 7) is 7.82. The van der Waals surface area contributed by atoms with Gasteiger partial charge in [0.25, 0.3) is 0 Å². The number of fused-ring (bicyclic) bond motifs is 1. The lowest BCUT2D eigenvalue weighted by Gasteiger charge is -2.34. The van der Waals surface area contributed by atoms with Crippen molar-refractivity contribution in [1.82, 2.24) is 14.8 Å². The van der Waals surface area contributed by atoms with Crippen molar-refractivity contribution in [2.24, 2.45) is 5.92 Å². The Morgan fingerprint density at radius 1 is 1.13 bits per heavy atom. The first-order valence-electron chi connectivity index (χ1n) is 9.82. The first kappa shape index (κ1) is 20.3. The van der Waals surface area contributed by atoms with Crippen molar-refractivity contribution < 1.29 is 14.3 Å². The number of esters is 1. The summed E-state index contributed by atoms with van der Waals surface area (Å²) >= 11 is 0. The number of carbonyl (C=O) groups excluding carboxylic acids is 2. The fourth-order valence-electron chi connectivity index (χ4n) is 3.76. The van der Waals surface area contributed by atoms with Gasteiger partial charge in [-0.25, -0.2) is 9.48 Å². The van der Waals surface area contributed by atoms with Crippen LogP contribution in [0.15, 0.2) is 60.8 Å². The molecule has 0 unspecified atom stereocenters. The zero-order valence-electron chi connectivity index (χ0n) is 17.5. The summed E-state index contributed by atoms with van der Waals surface area (Å²) in [5, 5.41) is 10.6. The Labute approximate surface area is 179 Å². The monoisotopic (exact) mass is 417 g/mol. The Kier molecular flexibility index (Phi) is 5.29. The molecule has 2 N–H and O–H groups in total. The number of carbonyl (C=O) groups is 2. The lowest BCUT2D eigenvalue weighted by atomic mass is 9.88. The molecule has 0 aliphatic carbocycles. The topological polar surface area (TPSA) is 98.1 Å². The lowest BCUT2D eigenvalue weighted by Crippen LogP contribution is -2.39. The second-order valence-electron chi connectivity index (χ2n) is 7.42. The van der Waals surface area contributed by atoms with E-state index in [1.54, 1.807) is 35.9 Å². The van der Waals surface area contributed by atoms with E-state index in [0.717, 1.165) is 16.8 Å². The number of aryl methyl sites for hydroxylation is 2. The SMILES string of the molecule is C=C1Nc2nc(C)nn2[C@@H](c2ccc(C(=O)OC)cc2)[C@H]1C(=O)Nc1ccccc1C. The molecule has 8 nitrogen and oxygen atoms in total. The molecule has 1 amide bonds. The predicted octanol–water partition coefficient (Wildman–Crippen LogP) is 3.47. The molecular weight excluding hydrogens is 394 g/mol. The van der Waals surface area contributed by atoms with Crippen molar-refractivity contribution in [3.63, 3.8) is 0 Å². The van der Waals surface area contributed by atoms with Crippen LogP contribution in [-0.4, -0.2) is 33.8 Å². The zero-order valence-corrected chi connectivity index (χ0v) is 17.5. The number of hydrogen-bond donors (Lipinski definition) is 2. The molecule has 0 saturated carbocycles. The van der Waals surface area contributed by atoms with Crippen LogP contribution in [0, 0.1) is 19.8 Å². The van der Waals surface area contributed by atoms with E-state index in [-0.39, 0.29) is 5.91 Å². The molecule has 2 aromatic carbocycles. The number of rotatable bonds is 4. The van der Waals surface area contributed by atoms with Gasteiger partial charge in [0.1, 0.15) is 11.7 Å². The summed E-state index contributed by atoms with van der Waals surface area (Å²) in [6.07, 6.45) is 0. The highest BCUT2D eigenvalue weighted by molar-refractivity contribution is 5.96. The molecule has 0 saturated heterocycles. The van der Waals surface area contributed by atoms with Gasteiger partial charge in [0.15, 0.2) is 0 Å². The maximum atomic E-state index is 13.4. The minimum atomic E-state index is -0.655. The summed E-state index contributed by atoms with van der Waals surface area (Å²) < 4.78 is 6.47. The van der Waals surface area contributed by atoms with Crippen LogP contribution in [0.5, 0.6) is 0 Å².